The van der Waals surface area contributed by atoms with Gasteiger partial charge in [0.05, 0.1) is 11.0 Å². The summed E-state index contributed by atoms with van der Waals surface area (Å²) in [6.07, 6.45) is 2.21. The maximum Gasteiger partial charge on any atom is 0.340 e. The molecule has 0 aromatic heterocycles. The molecule has 0 unspecified atom stereocenters. The van der Waals surface area contributed by atoms with Gasteiger partial charge in [-0.15, -0.1) is 0 Å². The summed E-state index contributed by atoms with van der Waals surface area (Å²) in [5.74, 6) is -1.37. The van der Waals surface area contributed by atoms with E-state index in [2.05, 4.69) is 51.0 Å². The number of hydrogen-bond donors (Lipinski definition) is 1. The van der Waals surface area contributed by atoms with Crippen LogP contribution in [0.1, 0.15) is 93.9 Å². The van der Waals surface area contributed by atoms with E-state index < -0.39 is 17.4 Å². The van der Waals surface area contributed by atoms with Gasteiger partial charge in [0.2, 0.25) is 0 Å². The lowest BCUT2D eigenvalue weighted by Crippen LogP contribution is -2.34. The highest BCUT2D eigenvalue weighted by atomic mass is 16.7. The fourth-order valence-electron chi connectivity index (χ4n) is 4.76. The highest BCUT2D eigenvalue weighted by Crippen LogP contribution is 2.46. The molecule has 1 N–H and O–H groups in total. The van der Waals surface area contributed by atoms with Crippen LogP contribution in [0.3, 0.4) is 0 Å². The first-order valence-corrected chi connectivity index (χ1v) is 12.4. The van der Waals surface area contributed by atoms with E-state index in [1.165, 1.54) is 11.1 Å². The van der Waals surface area contributed by atoms with E-state index in [-0.39, 0.29) is 16.4 Å². The molecule has 0 atom stereocenters. The first-order valence-electron chi connectivity index (χ1n) is 12.4. The van der Waals surface area contributed by atoms with Crippen LogP contribution >= 0.6 is 0 Å². The van der Waals surface area contributed by atoms with Gasteiger partial charge in [0, 0.05) is 11.1 Å². The second-order valence-corrected chi connectivity index (χ2v) is 12.2. The van der Waals surface area contributed by atoms with Crippen LogP contribution in [0.15, 0.2) is 59.8 Å². The summed E-state index contributed by atoms with van der Waals surface area (Å²) in [6, 6.07) is 17.2. The van der Waals surface area contributed by atoms with Crippen LogP contribution in [-0.4, -0.2) is 22.8 Å². The number of carboxylic acid groups (broad SMARTS) is 1. The fourth-order valence-corrected chi connectivity index (χ4v) is 4.76. The molecule has 0 bridgehead atoms. The Morgan fingerprint density at radius 2 is 1.28 bits per heavy atom. The molecular weight excluding hydrogens is 450 g/mol. The molecule has 0 amide bonds. The van der Waals surface area contributed by atoms with Crippen molar-refractivity contribution >= 4 is 28.4 Å². The van der Waals surface area contributed by atoms with Gasteiger partial charge in [0.15, 0.2) is 0 Å². The van der Waals surface area contributed by atoms with Crippen LogP contribution in [0.2, 0.25) is 0 Å². The smallest absolute Gasteiger partial charge is 0.340 e. The van der Waals surface area contributed by atoms with Crippen molar-refractivity contribution in [1.82, 2.24) is 0 Å². The van der Waals surface area contributed by atoms with E-state index >= 15 is 0 Å². The van der Waals surface area contributed by atoms with Gasteiger partial charge in [-0.2, -0.15) is 0 Å². The molecule has 1 aliphatic carbocycles. The molecule has 1 aliphatic rings. The molecular formula is C31H35NO4. The molecule has 0 fully saturated rings. The first-order chi connectivity index (χ1) is 16.7. The van der Waals surface area contributed by atoms with Crippen molar-refractivity contribution in [2.24, 2.45) is 10.6 Å². The third-order valence-electron chi connectivity index (χ3n) is 7.32. The van der Waals surface area contributed by atoms with Gasteiger partial charge in [-0.25, -0.2) is 9.59 Å². The van der Waals surface area contributed by atoms with E-state index in [9.17, 15) is 14.7 Å². The van der Waals surface area contributed by atoms with Crippen molar-refractivity contribution in [3.05, 3.63) is 82.4 Å². The number of rotatable bonds is 4. The van der Waals surface area contributed by atoms with Gasteiger partial charge in [-0.1, -0.05) is 63.2 Å². The Hall–Kier alpha value is -3.47. The molecule has 0 radical (unpaired) electrons. The number of carbonyl (C=O) groups is 2. The third kappa shape index (κ3) is 4.92. The number of benzene rings is 3. The van der Waals surface area contributed by atoms with Gasteiger partial charge in [-0.3, -0.25) is 0 Å². The molecule has 5 heteroatoms. The maximum atomic E-state index is 12.6. The molecule has 0 saturated heterocycles. The summed E-state index contributed by atoms with van der Waals surface area (Å²) in [7, 11) is 0. The van der Waals surface area contributed by atoms with Gasteiger partial charge < -0.3 is 9.94 Å². The van der Waals surface area contributed by atoms with Crippen LogP contribution < -0.4 is 0 Å². The lowest BCUT2D eigenvalue weighted by Gasteiger charge is -2.42. The van der Waals surface area contributed by atoms with Gasteiger partial charge in [-0.05, 0) is 90.6 Å². The lowest BCUT2D eigenvalue weighted by molar-refractivity contribution is -0.152. The topological polar surface area (TPSA) is 76.0 Å². The van der Waals surface area contributed by atoms with Crippen LogP contribution in [0.5, 0.6) is 0 Å². The minimum atomic E-state index is -0.961. The average molecular weight is 486 g/mol. The minimum Gasteiger partial charge on any atom is -0.478 e. The Balaban J connectivity index is 1.87. The summed E-state index contributed by atoms with van der Waals surface area (Å²) in [6.45, 7) is 14.5. The second-order valence-electron chi connectivity index (χ2n) is 12.2. The van der Waals surface area contributed by atoms with Crippen LogP contribution in [0.4, 0.5) is 0 Å². The Labute approximate surface area is 213 Å². The number of fused-ring (bicyclic) bond motifs is 2. The quantitative estimate of drug-likeness (QED) is 0.240. The van der Waals surface area contributed by atoms with Crippen molar-refractivity contribution in [2.45, 2.75) is 72.1 Å². The molecule has 4 rings (SSSR count). The first kappa shape index (κ1) is 25.6. The Morgan fingerprint density at radius 1 is 0.778 bits per heavy atom. The van der Waals surface area contributed by atoms with Gasteiger partial charge >= 0.3 is 11.9 Å². The molecule has 0 saturated carbocycles. The minimum absolute atomic E-state index is 0.0185. The number of oxime groups is 1. The average Bonchev–Trinajstić information content (AvgIpc) is 2.81. The number of carbonyl (C=O) groups excluding carboxylic acids is 1. The monoisotopic (exact) mass is 485 g/mol. The van der Waals surface area contributed by atoms with E-state index in [1.807, 2.05) is 18.2 Å². The predicted molar refractivity (Wildman–Crippen MR) is 144 cm³/mol. The normalized spacial score (nSPS) is 16.9. The van der Waals surface area contributed by atoms with E-state index in [4.69, 9.17) is 4.84 Å². The fraction of sp³-hybridized carbons (Fsp3) is 0.387. The standard InChI is InChI=1S/C31H35NO4/c1-29(2,3)28(35)36-32-26(21-10-8-20-17-23(27(33)34)11-9-19(20)16-21)22-12-13-24-25(18-22)31(6,7)15-14-30(24,4)5/h8-13,16-18H,14-15H2,1-7H3,(H,33,34)/b32-26+. The molecule has 3 aromatic rings. The predicted octanol–water partition coefficient (Wildman–Crippen LogP) is 7.23. The SMILES string of the molecule is CC(C)(C)C(=O)O/N=C(/c1ccc2c(c1)C(C)(C)CCC2(C)C)c1ccc2cc(C(=O)O)ccc2c1. The van der Waals surface area contributed by atoms with E-state index in [0.717, 1.165) is 34.7 Å². The zero-order valence-electron chi connectivity index (χ0n) is 22.2. The van der Waals surface area contributed by atoms with E-state index in [0.29, 0.717) is 5.71 Å². The van der Waals surface area contributed by atoms with Crippen molar-refractivity contribution in [2.75, 3.05) is 0 Å². The van der Waals surface area contributed by atoms with Crippen LogP contribution in [-0.2, 0) is 20.5 Å². The third-order valence-corrected chi connectivity index (χ3v) is 7.32. The van der Waals surface area contributed by atoms with E-state index in [1.54, 1.807) is 39.0 Å². The summed E-state index contributed by atoms with van der Waals surface area (Å²) in [5, 5.41) is 15.4. The molecule has 5 nitrogen and oxygen atoms in total. The summed E-state index contributed by atoms with van der Waals surface area (Å²) >= 11 is 0. The number of nitrogens with zero attached hydrogens (tertiary/aromatic N) is 1. The summed E-state index contributed by atoms with van der Waals surface area (Å²) < 4.78 is 0. The maximum absolute atomic E-state index is 12.6. The van der Waals surface area contributed by atoms with Crippen molar-refractivity contribution in [3.8, 4) is 0 Å². The molecule has 188 valence electrons. The summed E-state index contributed by atoms with van der Waals surface area (Å²) in [5.41, 5.74) is 4.53. The number of carboxylic acids is 1. The molecule has 3 aromatic carbocycles. The van der Waals surface area contributed by atoms with Crippen LogP contribution in [0, 0.1) is 5.41 Å². The largest absolute Gasteiger partial charge is 0.478 e. The zero-order chi connectivity index (χ0) is 26.5. The van der Waals surface area contributed by atoms with Gasteiger partial charge in [0.1, 0.15) is 5.71 Å². The van der Waals surface area contributed by atoms with Crippen molar-refractivity contribution < 1.29 is 19.5 Å². The molecule has 0 aliphatic heterocycles. The molecule has 0 spiro atoms. The zero-order valence-corrected chi connectivity index (χ0v) is 22.2. The second kappa shape index (κ2) is 8.88. The highest BCUT2D eigenvalue weighted by molar-refractivity contribution is 6.14. The molecule has 36 heavy (non-hydrogen) atoms. The Bertz CT molecular complexity index is 1390. The number of hydrogen-bond acceptors (Lipinski definition) is 4. The van der Waals surface area contributed by atoms with Gasteiger partial charge in [0.25, 0.3) is 0 Å². The number of aromatic carboxylic acids is 1. The molecule has 0 heterocycles. The summed E-state index contributed by atoms with van der Waals surface area (Å²) in [4.78, 5) is 29.4. The van der Waals surface area contributed by atoms with Crippen molar-refractivity contribution in [1.29, 1.82) is 0 Å². The highest BCUT2D eigenvalue weighted by Gasteiger charge is 2.37. The Morgan fingerprint density at radius 3 is 1.86 bits per heavy atom. The Kier molecular flexibility index (Phi) is 6.32. The lowest BCUT2D eigenvalue weighted by atomic mass is 9.63. The van der Waals surface area contributed by atoms with Crippen molar-refractivity contribution in [3.63, 3.8) is 0 Å². The van der Waals surface area contributed by atoms with Crippen LogP contribution in [0.25, 0.3) is 10.8 Å².